The molecule has 0 saturated heterocycles. The van der Waals surface area contributed by atoms with Crippen LogP contribution in [0.1, 0.15) is 0 Å². The van der Waals surface area contributed by atoms with Crippen molar-refractivity contribution in [2.24, 2.45) is 0 Å². The summed E-state index contributed by atoms with van der Waals surface area (Å²) >= 11 is 3.25. The molecule has 2 nitrogen and oxygen atoms in total. The van der Waals surface area contributed by atoms with Crippen LogP contribution in [0.15, 0.2) is 27.6 Å². The predicted molar refractivity (Wildman–Crippen MR) is 53.0 cm³/mol. The zero-order valence-corrected chi connectivity index (χ0v) is 9.37. The standard InChI is InChI=1S/C7H6BrClO2S/c1-11-6-3-2-5(8)4-7(6)12(9)10/h2-4H,1H3. The first kappa shape index (κ1) is 10.0. The highest BCUT2D eigenvalue weighted by Gasteiger charge is 2.08. The number of ether oxygens (including phenoxy) is 1. The first-order valence-electron chi connectivity index (χ1n) is 3.06. The van der Waals surface area contributed by atoms with Crippen LogP contribution in [0.4, 0.5) is 0 Å². The van der Waals surface area contributed by atoms with E-state index < -0.39 is 10.0 Å². The Bertz CT molecular complexity index is 316. The summed E-state index contributed by atoms with van der Waals surface area (Å²) in [6, 6.07) is 5.17. The lowest BCUT2D eigenvalue weighted by Gasteiger charge is -2.04. The lowest BCUT2D eigenvalue weighted by atomic mass is 10.3. The van der Waals surface area contributed by atoms with Crippen LogP contribution in [-0.2, 0) is 10.0 Å². The van der Waals surface area contributed by atoms with Crippen molar-refractivity contribution in [2.45, 2.75) is 4.90 Å². The second-order valence-corrected chi connectivity index (χ2v) is 4.66. The number of benzene rings is 1. The third kappa shape index (κ3) is 2.21. The van der Waals surface area contributed by atoms with Crippen molar-refractivity contribution < 1.29 is 8.95 Å². The first-order chi connectivity index (χ1) is 5.65. The molecule has 0 bridgehead atoms. The Hall–Kier alpha value is -0.0600. The molecule has 0 aliphatic carbocycles. The van der Waals surface area contributed by atoms with Crippen molar-refractivity contribution in [2.75, 3.05) is 7.11 Å². The zero-order valence-electron chi connectivity index (χ0n) is 6.21. The van der Waals surface area contributed by atoms with E-state index in [2.05, 4.69) is 15.9 Å². The highest BCUT2D eigenvalue weighted by molar-refractivity contribution is 9.10. The minimum atomic E-state index is -1.53. The molecular formula is C7H6BrClO2S. The highest BCUT2D eigenvalue weighted by Crippen LogP contribution is 2.27. The Morgan fingerprint density at radius 3 is 2.75 bits per heavy atom. The van der Waals surface area contributed by atoms with Gasteiger partial charge in [-0.15, -0.1) is 0 Å². The SMILES string of the molecule is COc1ccc(Br)cc1S(=O)Cl. The van der Waals surface area contributed by atoms with Crippen LogP contribution in [0.3, 0.4) is 0 Å². The molecule has 0 aromatic heterocycles. The van der Waals surface area contributed by atoms with E-state index in [1.807, 2.05) is 0 Å². The van der Waals surface area contributed by atoms with Gasteiger partial charge in [0.15, 0.2) is 10.0 Å². The number of hydrogen-bond acceptors (Lipinski definition) is 2. The summed E-state index contributed by atoms with van der Waals surface area (Å²) in [7, 11) is 5.41. The van der Waals surface area contributed by atoms with E-state index in [4.69, 9.17) is 15.4 Å². The van der Waals surface area contributed by atoms with E-state index in [1.165, 1.54) is 7.11 Å². The van der Waals surface area contributed by atoms with Gasteiger partial charge in [-0.25, -0.2) is 4.21 Å². The smallest absolute Gasteiger partial charge is 0.151 e. The van der Waals surface area contributed by atoms with E-state index in [0.717, 1.165) is 4.47 Å². The quantitative estimate of drug-likeness (QED) is 0.772. The normalized spacial score (nSPS) is 12.6. The maximum atomic E-state index is 11.0. The number of methoxy groups -OCH3 is 1. The summed E-state index contributed by atoms with van der Waals surface area (Å²) in [5.74, 6) is 0.534. The summed E-state index contributed by atoms with van der Waals surface area (Å²) in [5, 5.41) is 0. The molecule has 1 rings (SSSR count). The van der Waals surface area contributed by atoms with Crippen LogP contribution >= 0.6 is 26.6 Å². The second-order valence-electron chi connectivity index (χ2n) is 2.02. The number of halogens is 2. The van der Waals surface area contributed by atoms with Gasteiger partial charge in [0.1, 0.15) is 5.75 Å². The van der Waals surface area contributed by atoms with E-state index in [0.29, 0.717) is 10.6 Å². The summed E-state index contributed by atoms with van der Waals surface area (Å²) in [4.78, 5) is 0.480. The molecule has 0 amide bonds. The van der Waals surface area contributed by atoms with Crippen molar-refractivity contribution >= 4 is 36.6 Å². The van der Waals surface area contributed by atoms with Gasteiger partial charge in [-0.1, -0.05) is 15.9 Å². The molecule has 0 spiro atoms. The minimum Gasteiger partial charge on any atom is -0.495 e. The van der Waals surface area contributed by atoms with Gasteiger partial charge >= 0.3 is 0 Å². The fourth-order valence-electron chi connectivity index (χ4n) is 0.776. The Kier molecular flexibility index (Phi) is 3.55. The van der Waals surface area contributed by atoms with Crippen molar-refractivity contribution in [1.82, 2.24) is 0 Å². The number of hydrogen-bond donors (Lipinski definition) is 0. The molecule has 0 N–H and O–H groups in total. The number of rotatable bonds is 2. The fourth-order valence-corrected chi connectivity index (χ4v) is 2.18. The predicted octanol–water partition coefficient (Wildman–Crippen LogP) is 2.72. The molecule has 0 aliphatic rings. The largest absolute Gasteiger partial charge is 0.495 e. The lowest BCUT2D eigenvalue weighted by Crippen LogP contribution is -1.90. The van der Waals surface area contributed by atoms with E-state index >= 15 is 0 Å². The molecule has 5 heteroatoms. The van der Waals surface area contributed by atoms with Gasteiger partial charge in [0.25, 0.3) is 0 Å². The molecule has 0 heterocycles. The Morgan fingerprint density at radius 2 is 2.25 bits per heavy atom. The summed E-state index contributed by atoms with van der Waals surface area (Å²) < 4.78 is 16.7. The second kappa shape index (κ2) is 4.25. The maximum absolute atomic E-state index is 11.0. The molecule has 1 aromatic carbocycles. The molecule has 66 valence electrons. The lowest BCUT2D eigenvalue weighted by molar-refractivity contribution is 0.404. The molecule has 1 aromatic rings. The molecular weight excluding hydrogens is 263 g/mol. The molecule has 0 fully saturated rings. The van der Waals surface area contributed by atoms with Gasteiger partial charge in [-0.3, -0.25) is 0 Å². The molecule has 1 atom stereocenters. The van der Waals surface area contributed by atoms with Gasteiger partial charge < -0.3 is 4.74 Å². The topological polar surface area (TPSA) is 26.3 Å². The summed E-state index contributed by atoms with van der Waals surface area (Å²) in [5.41, 5.74) is 0. The third-order valence-corrected chi connectivity index (χ3v) is 2.96. The third-order valence-electron chi connectivity index (χ3n) is 1.30. The van der Waals surface area contributed by atoms with E-state index in [1.54, 1.807) is 18.2 Å². The molecule has 0 saturated carbocycles. The highest BCUT2D eigenvalue weighted by atomic mass is 79.9. The first-order valence-corrected chi connectivity index (χ1v) is 5.83. The van der Waals surface area contributed by atoms with Crippen molar-refractivity contribution in [3.8, 4) is 5.75 Å². The van der Waals surface area contributed by atoms with Crippen molar-refractivity contribution in [1.29, 1.82) is 0 Å². The van der Waals surface area contributed by atoms with Gasteiger partial charge in [-0.2, -0.15) is 0 Å². The van der Waals surface area contributed by atoms with Crippen LogP contribution in [0, 0.1) is 0 Å². The molecule has 0 aliphatic heterocycles. The monoisotopic (exact) mass is 268 g/mol. The van der Waals surface area contributed by atoms with Crippen LogP contribution in [-0.4, -0.2) is 11.3 Å². The molecule has 0 radical (unpaired) electrons. The van der Waals surface area contributed by atoms with Gasteiger partial charge in [-0.05, 0) is 28.9 Å². The van der Waals surface area contributed by atoms with Crippen LogP contribution in [0.2, 0.25) is 0 Å². The summed E-state index contributed by atoms with van der Waals surface area (Å²) in [6.07, 6.45) is 0. The average Bonchev–Trinajstić information content (AvgIpc) is 2.04. The van der Waals surface area contributed by atoms with Crippen molar-refractivity contribution in [3.63, 3.8) is 0 Å². The average molecular weight is 270 g/mol. The van der Waals surface area contributed by atoms with Gasteiger partial charge in [0.2, 0.25) is 0 Å². The Morgan fingerprint density at radius 1 is 1.58 bits per heavy atom. The molecule has 12 heavy (non-hydrogen) atoms. The minimum absolute atomic E-state index is 0.480. The van der Waals surface area contributed by atoms with Gasteiger partial charge in [0.05, 0.1) is 12.0 Å². The van der Waals surface area contributed by atoms with Crippen LogP contribution in [0.5, 0.6) is 5.75 Å². The zero-order chi connectivity index (χ0) is 9.14. The van der Waals surface area contributed by atoms with Crippen LogP contribution in [0.25, 0.3) is 0 Å². The Balaban J connectivity index is 3.21. The summed E-state index contributed by atoms with van der Waals surface area (Å²) in [6.45, 7) is 0. The van der Waals surface area contributed by atoms with Crippen LogP contribution < -0.4 is 4.74 Å². The molecule has 1 unspecified atom stereocenters. The van der Waals surface area contributed by atoms with Gasteiger partial charge in [0, 0.05) is 4.47 Å². The van der Waals surface area contributed by atoms with E-state index in [9.17, 15) is 4.21 Å². The maximum Gasteiger partial charge on any atom is 0.151 e. The van der Waals surface area contributed by atoms with E-state index in [-0.39, 0.29) is 0 Å². The Labute approximate surface area is 86.0 Å². The fraction of sp³-hybridized carbons (Fsp3) is 0.143. The van der Waals surface area contributed by atoms with Crippen molar-refractivity contribution in [3.05, 3.63) is 22.7 Å².